The highest BCUT2D eigenvalue weighted by Gasteiger charge is 2.01. The molecule has 0 aromatic carbocycles. The first-order valence-electron chi connectivity index (χ1n) is 5.01. The van der Waals surface area contributed by atoms with Crippen LogP contribution in [-0.2, 0) is 0 Å². The van der Waals surface area contributed by atoms with Gasteiger partial charge in [-0.1, -0.05) is 37.9 Å². The van der Waals surface area contributed by atoms with E-state index in [1.165, 1.54) is 31.0 Å². The zero-order chi connectivity index (χ0) is 10.8. The summed E-state index contributed by atoms with van der Waals surface area (Å²) in [6.07, 6.45) is 8.63. The molecule has 0 rings (SSSR count). The summed E-state index contributed by atoms with van der Waals surface area (Å²) >= 11 is 1.48. The molecule has 4 heteroatoms. The monoisotopic (exact) mass is 213 g/mol. The number of hydrogen-bond donors (Lipinski definition) is 1. The topological polar surface area (TPSA) is 48.2 Å². The van der Waals surface area contributed by atoms with Crippen LogP contribution in [0.15, 0.2) is 4.99 Å². The molecule has 0 heterocycles. The van der Waals surface area contributed by atoms with Gasteiger partial charge in [-0.3, -0.25) is 10.3 Å². The highest BCUT2D eigenvalue weighted by Crippen LogP contribution is 2.07. The maximum absolute atomic E-state index is 8.44. The molecular formula is C10H19N3S. The van der Waals surface area contributed by atoms with Crippen molar-refractivity contribution in [2.24, 2.45) is 4.99 Å². The number of amidine groups is 1. The molecule has 0 aliphatic rings. The molecule has 0 aromatic heterocycles. The lowest BCUT2D eigenvalue weighted by Gasteiger charge is -2.07. The molecule has 0 fully saturated rings. The molecular weight excluding hydrogens is 194 g/mol. The summed E-state index contributed by atoms with van der Waals surface area (Å²) in [7, 11) is 0. The van der Waals surface area contributed by atoms with E-state index >= 15 is 0 Å². The Balaban J connectivity index is 3.86. The Hall–Kier alpha value is -0.690. The summed E-state index contributed by atoms with van der Waals surface area (Å²) in [6.45, 7) is 4.28. The summed E-state index contributed by atoms with van der Waals surface area (Å²) in [6, 6.07) is 0.310. The summed E-state index contributed by atoms with van der Waals surface area (Å²) in [5, 5.41) is 11.7. The average molecular weight is 213 g/mol. The van der Waals surface area contributed by atoms with E-state index in [9.17, 15) is 0 Å². The third-order valence-corrected chi connectivity index (χ3v) is 2.51. The third-order valence-electron chi connectivity index (χ3n) is 1.92. The summed E-state index contributed by atoms with van der Waals surface area (Å²) < 4.78 is 0. The van der Waals surface area contributed by atoms with Crippen molar-refractivity contribution in [1.82, 2.24) is 5.32 Å². The Morgan fingerprint density at radius 2 is 2.29 bits per heavy atom. The molecule has 0 aliphatic heterocycles. The van der Waals surface area contributed by atoms with Gasteiger partial charge in [0.1, 0.15) is 0 Å². The van der Waals surface area contributed by atoms with E-state index in [-0.39, 0.29) is 0 Å². The van der Waals surface area contributed by atoms with Gasteiger partial charge in [0.15, 0.2) is 11.4 Å². The van der Waals surface area contributed by atoms with Crippen LogP contribution in [0.2, 0.25) is 0 Å². The number of unbranched alkanes of at least 4 members (excludes halogenated alkanes) is 2. The van der Waals surface area contributed by atoms with E-state index in [1.807, 2.05) is 12.4 Å². The fourth-order valence-electron chi connectivity index (χ4n) is 1.14. The minimum atomic E-state index is 0.310. The predicted octanol–water partition coefficient (Wildman–Crippen LogP) is 2.74. The third kappa shape index (κ3) is 6.79. The molecule has 0 aromatic rings. The van der Waals surface area contributed by atoms with Crippen molar-refractivity contribution >= 4 is 16.9 Å². The van der Waals surface area contributed by atoms with Crippen LogP contribution in [-0.4, -0.2) is 17.5 Å². The Morgan fingerprint density at radius 1 is 1.57 bits per heavy atom. The van der Waals surface area contributed by atoms with Crippen molar-refractivity contribution in [2.75, 3.05) is 6.26 Å². The molecule has 80 valence electrons. The van der Waals surface area contributed by atoms with Crippen molar-refractivity contribution in [3.05, 3.63) is 0 Å². The van der Waals surface area contributed by atoms with Crippen LogP contribution in [0.25, 0.3) is 0 Å². The van der Waals surface area contributed by atoms with Crippen molar-refractivity contribution in [1.29, 1.82) is 5.26 Å². The van der Waals surface area contributed by atoms with Gasteiger partial charge in [0.2, 0.25) is 0 Å². The van der Waals surface area contributed by atoms with Gasteiger partial charge in [-0.2, -0.15) is 5.26 Å². The van der Waals surface area contributed by atoms with Gasteiger partial charge in [-0.15, -0.1) is 0 Å². The standard InChI is InChI=1S/C10H19N3S/c1-4-5-6-7-9(2)13-10(14-3)12-8-11/h9H,4-7H2,1-3H3,(H,12,13). The molecule has 1 atom stereocenters. The predicted molar refractivity (Wildman–Crippen MR) is 63.3 cm³/mol. The fourth-order valence-corrected chi connectivity index (χ4v) is 1.57. The molecule has 3 nitrogen and oxygen atoms in total. The number of aliphatic imine (C=N–C) groups is 1. The van der Waals surface area contributed by atoms with Crippen LogP contribution in [0.3, 0.4) is 0 Å². The molecule has 0 spiro atoms. The van der Waals surface area contributed by atoms with Gasteiger partial charge in [0.05, 0.1) is 6.04 Å². The lowest BCUT2D eigenvalue weighted by Crippen LogP contribution is -2.16. The van der Waals surface area contributed by atoms with Crippen molar-refractivity contribution < 1.29 is 0 Å². The van der Waals surface area contributed by atoms with Crippen LogP contribution in [0.1, 0.15) is 39.5 Å². The number of hydrogen-bond acceptors (Lipinski definition) is 3. The molecule has 1 N–H and O–H groups in total. The SMILES string of the molecule is CCCCCC(C)N=C(NC#N)SC. The number of rotatable bonds is 5. The lowest BCUT2D eigenvalue weighted by atomic mass is 10.1. The van der Waals surface area contributed by atoms with Gasteiger partial charge in [-0.25, -0.2) is 0 Å². The van der Waals surface area contributed by atoms with Gasteiger partial charge in [0.25, 0.3) is 0 Å². The van der Waals surface area contributed by atoms with E-state index < -0.39 is 0 Å². The first-order chi connectivity index (χ1) is 6.74. The summed E-state index contributed by atoms with van der Waals surface area (Å²) in [5.74, 6) is 0. The van der Waals surface area contributed by atoms with Gasteiger partial charge < -0.3 is 0 Å². The van der Waals surface area contributed by atoms with E-state index in [0.717, 1.165) is 11.6 Å². The van der Waals surface area contributed by atoms with E-state index in [4.69, 9.17) is 5.26 Å². The zero-order valence-electron chi connectivity index (χ0n) is 9.21. The lowest BCUT2D eigenvalue weighted by molar-refractivity contribution is 0.593. The first kappa shape index (κ1) is 13.3. The quantitative estimate of drug-likeness (QED) is 0.251. The second kappa shape index (κ2) is 8.89. The Bertz CT molecular complexity index is 208. The Morgan fingerprint density at radius 3 is 2.79 bits per heavy atom. The zero-order valence-corrected chi connectivity index (χ0v) is 10.0. The van der Waals surface area contributed by atoms with Gasteiger partial charge in [-0.05, 0) is 19.6 Å². The molecule has 0 aliphatic carbocycles. The molecule has 0 saturated carbocycles. The fraction of sp³-hybridized carbons (Fsp3) is 0.800. The normalized spacial score (nSPS) is 13.4. The maximum Gasteiger partial charge on any atom is 0.183 e. The average Bonchev–Trinajstić information content (AvgIpc) is 2.17. The Kier molecular flexibility index (Phi) is 8.45. The first-order valence-corrected chi connectivity index (χ1v) is 6.24. The highest BCUT2D eigenvalue weighted by atomic mass is 32.2. The van der Waals surface area contributed by atoms with E-state index in [2.05, 4.69) is 24.2 Å². The van der Waals surface area contributed by atoms with Crippen LogP contribution in [0.4, 0.5) is 0 Å². The Labute approximate surface area is 91.0 Å². The van der Waals surface area contributed by atoms with Crippen LogP contribution in [0.5, 0.6) is 0 Å². The minimum absolute atomic E-state index is 0.310. The molecule has 0 saturated heterocycles. The van der Waals surface area contributed by atoms with Crippen LogP contribution in [0, 0.1) is 11.5 Å². The van der Waals surface area contributed by atoms with Crippen molar-refractivity contribution in [2.45, 2.75) is 45.6 Å². The van der Waals surface area contributed by atoms with Crippen molar-refractivity contribution in [3.8, 4) is 6.19 Å². The summed E-state index contributed by atoms with van der Waals surface area (Å²) in [4.78, 5) is 4.40. The minimum Gasteiger partial charge on any atom is -0.272 e. The van der Waals surface area contributed by atoms with Crippen molar-refractivity contribution in [3.63, 3.8) is 0 Å². The molecule has 0 amide bonds. The molecule has 0 radical (unpaired) electrons. The second-order valence-electron chi connectivity index (χ2n) is 3.22. The number of nitriles is 1. The van der Waals surface area contributed by atoms with Crippen LogP contribution < -0.4 is 5.32 Å². The van der Waals surface area contributed by atoms with E-state index in [1.54, 1.807) is 0 Å². The largest absolute Gasteiger partial charge is 0.272 e. The molecule has 1 unspecified atom stereocenters. The van der Waals surface area contributed by atoms with Crippen LogP contribution >= 0.6 is 11.8 Å². The highest BCUT2D eigenvalue weighted by molar-refractivity contribution is 8.13. The summed E-state index contributed by atoms with van der Waals surface area (Å²) in [5.41, 5.74) is 0. The van der Waals surface area contributed by atoms with Gasteiger partial charge in [0, 0.05) is 0 Å². The number of thioether (sulfide) groups is 1. The smallest absolute Gasteiger partial charge is 0.183 e. The number of nitrogens with one attached hydrogen (secondary N) is 1. The second-order valence-corrected chi connectivity index (χ2v) is 4.01. The number of nitrogens with zero attached hydrogens (tertiary/aromatic N) is 2. The van der Waals surface area contributed by atoms with E-state index in [0.29, 0.717) is 6.04 Å². The molecule has 14 heavy (non-hydrogen) atoms. The maximum atomic E-state index is 8.44. The van der Waals surface area contributed by atoms with Gasteiger partial charge >= 0.3 is 0 Å². The molecule has 0 bridgehead atoms.